The predicted molar refractivity (Wildman–Crippen MR) is 136 cm³/mol. The number of alkyl halides is 3. The van der Waals surface area contributed by atoms with Crippen molar-refractivity contribution in [2.24, 2.45) is 11.8 Å². The summed E-state index contributed by atoms with van der Waals surface area (Å²) in [5.41, 5.74) is -3.44. The third-order valence-corrected chi connectivity index (χ3v) is 7.70. The summed E-state index contributed by atoms with van der Waals surface area (Å²) in [5, 5.41) is 11.8. The van der Waals surface area contributed by atoms with Gasteiger partial charge in [0, 0.05) is 32.2 Å². The fourth-order valence-corrected chi connectivity index (χ4v) is 6.31. The molecule has 0 aliphatic carbocycles. The molecule has 12 heteroatoms. The van der Waals surface area contributed by atoms with Crippen LogP contribution in [0.5, 0.6) is 5.75 Å². The van der Waals surface area contributed by atoms with Gasteiger partial charge in [0.25, 0.3) is 0 Å². The molecule has 0 spiro atoms. The third kappa shape index (κ3) is 4.69. The summed E-state index contributed by atoms with van der Waals surface area (Å²) in [6.07, 6.45) is -4.82. The van der Waals surface area contributed by atoms with E-state index in [1.54, 1.807) is 38.1 Å². The van der Waals surface area contributed by atoms with Crippen LogP contribution in [0.25, 0.3) is 0 Å². The molecule has 40 heavy (non-hydrogen) atoms. The number of imide groups is 1. The van der Waals surface area contributed by atoms with Crippen LogP contribution in [0.2, 0.25) is 0 Å². The zero-order valence-electron chi connectivity index (χ0n) is 22.0. The monoisotopic (exact) mass is 556 g/mol. The van der Waals surface area contributed by atoms with E-state index in [0.29, 0.717) is 43.7 Å². The van der Waals surface area contributed by atoms with E-state index in [1.165, 1.54) is 19.1 Å². The minimum atomic E-state index is -4.82. The molecule has 0 saturated carbocycles. The first-order valence-electron chi connectivity index (χ1n) is 12.7. The van der Waals surface area contributed by atoms with E-state index in [1.807, 2.05) is 0 Å². The van der Waals surface area contributed by atoms with Crippen LogP contribution in [0, 0.1) is 23.2 Å². The van der Waals surface area contributed by atoms with Gasteiger partial charge in [0.05, 0.1) is 45.9 Å². The van der Waals surface area contributed by atoms with E-state index < -0.39 is 52.2 Å². The quantitative estimate of drug-likeness (QED) is 0.542. The van der Waals surface area contributed by atoms with E-state index in [0.717, 1.165) is 11.0 Å². The van der Waals surface area contributed by atoms with Crippen LogP contribution < -0.4 is 15.0 Å². The molecule has 0 radical (unpaired) electrons. The highest BCUT2D eigenvalue weighted by molar-refractivity contribution is 6.23. The molecule has 5 rings (SSSR count). The van der Waals surface area contributed by atoms with Crippen LogP contribution in [-0.2, 0) is 25.3 Å². The molecule has 210 valence electrons. The molecule has 3 heterocycles. The first-order valence-corrected chi connectivity index (χ1v) is 12.7. The Morgan fingerprint density at radius 1 is 1.10 bits per heavy atom. The maximum atomic E-state index is 13.6. The fourth-order valence-electron chi connectivity index (χ4n) is 6.31. The molecule has 3 amide bonds. The van der Waals surface area contributed by atoms with Crippen LogP contribution >= 0.6 is 0 Å². The van der Waals surface area contributed by atoms with Crippen LogP contribution in [0.15, 0.2) is 42.5 Å². The van der Waals surface area contributed by atoms with Crippen LogP contribution in [0.3, 0.4) is 0 Å². The number of anilines is 2. The minimum absolute atomic E-state index is 0.176. The van der Waals surface area contributed by atoms with Crippen molar-refractivity contribution in [1.29, 1.82) is 5.26 Å². The Hall–Kier alpha value is -3.95. The van der Waals surface area contributed by atoms with Gasteiger partial charge in [0.15, 0.2) is 0 Å². The molecule has 4 atom stereocenters. The van der Waals surface area contributed by atoms with Gasteiger partial charge in [-0.3, -0.25) is 19.3 Å². The molecule has 2 aromatic carbocycles. The van der Waals surface area contributed by atoms with Crippen molar-refractivity contribution in [2.45, 2.75) is 38.1 Å². The lowest BCUT2D eigenvalue weighted by molar-refractivity contribution is -0.169. The summed E-state index contributed by atoms with van der Waals surface area (Å²) < 4.78 is 52.8. The number of benzene rings is 2. The summed E-state index contributed by atoms with van der Waals surface area (Å²) in [4.78, 5) is 41.3. The Bertz CT molecular complexity index is 1390. The van der Waals surface area contributed by atoms with Gasteiger partial charge in [0.2, 0.25) is 17.7 Å². The second-order valence-electron chi connectivity index (χ2n) is 10.8. The van der Waals surface area contributed by atoms with E-state index in [9.17, 15) is 27.6 Å². The molecular weight excluding hydrogens is 529 g/mol. The van der Waals surface area contributed by atoms with Gasteiger partial charge in [-0.05, 0) is 56.3 Å². The van der Waals surface area contributed by atoms with Gasteiger partial charge >= 0.3 is 6.18 Å². The van der Waals surface area contributed by atoms with Crippen molar-refractivity contribution in [3.63, 3.8) is 0 Å². The summed E-state index contributed by atoms with van der Waals surface area (Å²) >= 11 is 0. The second kappa shape index (κ2) is 9.60. The number of hydrogen-bond donors (Lipinski definition) is 1. The van der Waals surface area contributed by atoms with Gasteiger partial charge in [-0.25, -0.2) is 4.90 Å². The summed E-state index contributed by atoms with van der Waals surface area (Å²) in [5.74, 6) is -2.54. The molecule has 3 aliphatic heterocycles. The number of nitrogens with zero attached hydrogens (tertiary/aromatic N) is 3. The average Bonchev–Trinajstić information content (AvgIpc) is 3.24. The number of likely N-dealkylation sites (tertiary alicyclic amines) is 1. The van der Waals surface area contributed by atoms with Crippen molar-refractivity contribution in [3.05, 3.63) is 53.6 Å². The number of ether oxygens (including phenoxy) is 2. The van der Waals surface area contributed by atoms with Gasteiger partial charge in [-0.1, -0.05) is 0 Å². The van der Waals surface area contributed by atoms with Crippen molar-refractivity contribution < 1.29 is 37.0 Å². The lowest BCUT2D eigenvalue weighted by Gasteiger charge is -2.45. The second-order valence-corrected chi connectivity index (χ2v) is 10.8. The average molecular weight is 557 g/mol. The molecule has 0 aromatic heterocycles. The topological polar surface area (TPSA) is 112 Å². The number of hydrogen-bond acceptors (Lipinski definition) is 7. The largest absolute Gasteiger partial charge is 0.492 e. The minimum Gasteiger partial charge on any atom is -0.492 e. The van der Waals surface area contributed by atoms with E-state index >= 15 is 0 Å². The lowest BCUT2D eigenvalue weighted by Crippen LogP contribution is -2.58. The van der Waals surface area contributed by atoms with Crippen molar-refractivity contribution >= 4 is 29.1 Å². The van der Waals surface area contributed by atoms with E-state index in [2.05, 4.69) is 10.2 Å². The molecule has 2 aromatic rings. The highest BCUT2D eigenvalue weighted by Crippen LogP contribution is 2.55. The molecule has 3 saturated heterocycles. The zero-order valence-corrected chi connectivity index (χ0v) is 22.0. The van der Waals surface area contributed by atoms with Crippen LogP contribution in [0.4, 0.5) is 24.5 Å². The number of carbonyl (C=O) groups excluding carboxylic acids is 3. The number of morpholine rings is 1. The van der Waals surface area contributed by atoms with E-state index in [4.69, 9.17) is 14.7 Å². The van der Waals surface area contributed by atoms with Crippen LogP contribution in [-0.4, -0.2) is 60.1 Å². The molecule has 1 unspecified atom stereocenters. The number of fused-ring (bicyclic) bond motifs is 5. The molecule has 9 nitrogen and oxygen atoms in total. The summed E-state index contributed by atoms with van der Waals surface area (Å²) in [6.45, 7) is 6.37. The number of nitriles is 1. The number of rotatable bonds is 6. The normalized spacial score (nSPS) is 27.9. The number of carbonyl (C=O) groups is 3. The smallest absolute Gasteiger partial charge is 0.417 e. The van der Waals surface area contributed by atoms with Gasteiger partial charge in [-0.2, -0.15) is 18.4 Å². The van der Waals surface area contributed by atoms with Crippen molar-refractivity contribution in [3.8, 4) is 11.8 Å². The van der Waals surface area contributed by atoms with Gasteiger partial charge < -0.3 is 14.8 Å². The van der Waals surface area contributed by atoms with Gasteiger partial charge in [0.1, 0.15) is 12.4 Å². The zero-order chi connectivity index (χ0) is 29.0. The number of nitrogens with one attached hydrogen (secondary N) is 1. The van der Waals surface area contributed by atoms with Crippen molar-refractivity contribution in [1.82, 2.24) is 4.90 Å². The Morgan fingerprint density at radius 2 is 1.70 bits per heavy atom. The molecule has 3 aliphatic rings. The van der Waals surface area contributed by atoms with Gasteiger partial charge in [-0.15, -0.1) is 0 Å². The fraction of sp³-hybridized carbons (Fsp3) is 0.429. The van der Waals surface area contributed by atoms with E-state index in [-0.39, 0.29) is 11.6 Å². The standard InChI is InChI=1S/C28H27F3N4O5/c1-16(36)33-18-5-8-20(9-6-18)39-11-10-34-14-26(2)22-23(27(3,15-34)40-26)25(38)35(24(22)37)19-7-4-17(13-32)21(12-19)28(29,30)31/h4-9,12,22-23H,10-11,14-15H2,1-3H3,(H,33,36)/t22-,23?,26+,27+/m0/s1. The number of amides is 3. The maximum absolute atomic E-state index is 13.6. The SMILES string of the molecule is CC(=O)Nc1ccc(OCCN2C[C@@]3(C)O[C@](C)(C2)[C@@H]2C(=O)N(c4ccc(C#N)c(C(F)(F)F)c4)C(=O)C23)cc1. The Kier molecular flexibility index (Phi) is 6.63. The Labute approximate surface area is 228 Å². The summed E-state index contributed by atoms with van der Waals surface area (Å²) in [6, 6.07) is 11.3. The molecule has 1 N–H and O–H groups in total. The molecule has 2 bridgehead atoms. The molecular formula is C28H27F3N4O5. The first kappa shape index (κ1) is 27.6. The summed E-state index contributed by atoms with van der Waals surface area (Å²) in [7, 11) is 0. The Morgan fingerprint density at radius 3 is 2.23 bits per heavy atom. The van der Waals surface area contributed by atoms with Crippen LogP contribution in [0.1, 0.15) is 31.9 Å². The highest BCUT2D eigenvalue weighted by atomic mass is 19.4. The third-order valence-electron chi connectivity index (χ3n) is 7.70. The number of halogens is 3. The van der Waals surface area contributed by atoms with Crippen molar-refractivity contribution in [2.75, 3.05) is 36.5 Å². The Balaban J connectivity index is 1.31. The first-order chi connectivity index (χ1) is 18.8. The maximum Gasteiger partial charge on any atom is 0.417 e. The molecule has 3 fully saturated rings. The predicted octanol–water partition coefficient (Wildman–Crippen LogP) is 3.58. The lowest BCUT2D eigenvalue weighted by atomic mass is 9.79. The highest BCUT2D eigenvalue weighted by Gasteiger charge is 2.71.